The highest BCUT2D eigenvalue weighted by atomic mass is 16.2. The molecule has 0 aliphatic carbocycles. The van der Waals surface area contributed by atoms with Crippen molar-refractivity contribution in [1.82, 2.24) is 4.90 Å². The molecule has 0 spiro atoms. The number of amides is 2. The van der Waals surface area contributed by atoms with Crippen LogP contribution in [0.15, 0.2) is 0 Å². The molecule has 1 aliphatic heterocycles. The number of primary amides is 1. The largest absolute Gasteiger partial charge is 0.369 e. The van der Waals surface area contributed by atoms with E-state index in [0.717, 1.165) is 12.8 Å². The highest BCUT2D eigenvalue weighted by molar-refractivity contribution is 5.83. The Morgan fingerprint density at radius 3 is 2.50 bits per heavy atom. The van der Waals surface area contributed by atoms with E-state index in [1.54, 1.807) is 4.90 Å². The first-order chi connectivity index (χ1) is 7.43. The zero-order valence-corrected chi connectivity index (χ0v) is 9.98. The van der Waals surface area contributed by atoms with Crippen LogP contribution in [0, 0.1) is 11.8 Å². The molecule has 0 aromatic carbocycles. The average Bonchev–Trinajstić information content (AvgIpc) is 2.27. The van der Waals surface area contributed by atoms with Crippen molar-refractivity contribution in [3.05, 3.63) is 0 Å². The van der Waals surface area contributed by atoms with Crippen molar-refractivity contribution in [2.75, 3.05) is 13.1 Å². The molecular formula is C11H21N3O2. The Labute approximate surface area is 96.1 Å². The maximum Gasteiger partial charge on any atom is 0.239 e. The van der Waals surface area contributed by atoms with Gasteiger partial charge in [-0.1, -0.05) is 13.8 Å². The second-order valence-corrected chi connectivity index (χ2v) is 4.80. The molecule has 0 bridgehead atoms. The van der Waals surface area contributed by atoms with Crippen LogP contribution < -0.4 is 11.5 Å². The van der Waals surface area contributed by atoms with Crippen LogP contribution in [0.1, 0.15) is 26.7 Å². The minimum absolute atomic E-state index is 0.0686. The smallest absolute Gasteiger partial charge is 0.239 e. The van der Waals surface area contributed by atoms with Crippen molar-refractivity contribution in [2.24, 2.45) is 23.3 Å². The molecule has 1 heterocycles. The molecule has 0 aromatic heterocycles. The quantitative estimate of drug-likeness (QED) is 0.693. The maximum atomic E-state index is 12.0. The summed E-state index contributed by atoms with van der Waals surface area (Å²) in [5.74, 6) is -0.491. The van der Waals surface area contributed by atoms with E-state index in [1.807, 2.05) is 13.8 Å². The number of hydrogen-bond donors (Lipinski definition) is 2. The maximum absolute atomic E-state index is 12.0. The Bertz CT molecular complexity index is 278. The predicted octanol–water partition coefficient (Wildman–Crippen LogP) is -0.306. The van der Waals surface area contributed by atoms with Gasteiger partial charge in [-0.25, -0.2) is 0 Å². The topological polar surface area (TPSA) is 89.4 Å². The molecular weight excluding hydrogens is 206 g/mol. The third kappa shape index (κ3) is 2.95. The lowest BCUT2D eigenvalue weighted by Gasteiger charge is -2.33. The van der Waals surface area contributed by atoms with E-state index in [-0.39, 0.29) is 23.7 Å². The Balaban J connectivity index is 2.60. The number of piperidine rings is 1. The first-order valence-corrected chi connectivity index (χ1v) is 5.77. The summed E-state index contributed by atoms with van der Waals surface area (Å²) in [5, 5.41) is 0. The number of carbonyl (C=O) groups is 2. The molecule has 5 nitrogen and oxygen atoms in total. The summed E-state index contributed by atoms with van der Waals surface area (Å²) >= 11 is 0. The minimum atomic E-state index is -0.480. The van der Waals surface area contributed by atoms with Crippen LogP contribution in [0.2, 0.25) is 0 Å². The van der Waals surface area contributed by atoms with E-state index in [4.69, 9.17) is 11.5 Å². The zero-order chi connectivity index (χ0) is 12.3. The predicted molar refractivity (Wildman–Crippen MR) is 61.3 cm³/mol. The van der Waals surface area contributed by atoms with Gasteiger partial charge in [-0.15, -0.1) is 0 Å². The van der Waals surface area contributed by atoms with Crippen LogP contribution in [-0.4, -0.2) is 35.8 Å². The van der Waals surface area contributed by atoms with Crippen molar-refractivity contribution < 1.29 is 9.59 Å². The molecule has 0 radical (unpaired) electrons. The second-order valence-electron chi connectivity index (χ2n) is 4.80. The Kier molecular flexibility index (Phi) is 4.29. The van der Waals surface area contributed by atoms with Crippen LogP contribution >= 0.6 is 0 Å². The van der Waals surface area contributed by atoms with Gasteiger partial charge in [0.25, 0.3) is 0 Å². The molecule has 4 N–H and O–H groups in total. The lowest BCUT2D eigenvalue weighted by atomic mass is 9.95. The molecule has 2 atom stereocenters. The molecule has 5 heteroatoms. The highest BCUT2D eigenvalue weighted by Gasteiger charge is 2.30. The summed E-state index contributed by atoms with van der Waals surface area (Å²) in [6.07, 6.45) is 1.60. The Hall–Kier alpha value is -1.10. The fourth-order valence-corrected chi connectivity index (χ4v) is 1.91. The molecule has 92 valence electrons. The third-order valence-electron chi connectivity index (χ3n) is 3.14. The summed E-state index contributed by atoms with van der Waals surface area (Å²) in [6, 6.07) is -0.480. The number of likely N-dealkylation sites (tertiary alicyclic amines) is 1. The molecule has 16 heavy (non-hydrogen) atoms. The van der Waals surface area contributed by atoms with Crippen LogP contribution in [0.5, 0.6) is 0 Å². The van der Waals surface area contributed by atoms with E-state index in [0.29, 0.717) is 13.1 Å². The van der Waals surface area contributed by atoms with Crippen molar-refractivity contribution in [3.8, 4) is 0 Å². The fraction of sp³-hybridized carbons (Fsp3) is 0.818. The molecule has 0 aromatic rings. The second kappa shape index (κ2) is 5.30. The lowest BCUT2D eigenvalue weighted by molar-refractivity contribution is -0.137. The van der Waals surface area contributed by atoms with Gasteiger partial charge in [0.05, 0.1) is 12.0 Å². The summed E-state index contributed by atoms with van der Waals surface area (Å²) in [7, 11) is 0. The van der Waals surface area contributed by atoms with Crippen LogP contribution in [0.25, 0.3) is 0 Å². The van der Waals surface area contributed by atoms with Gasteiger partial charge in [0.1, 0.15) is 0 Å². The van der Waals surface area contributed by atoms with Gasteiger partial charge in [0.2, 0.25) is 11.8 Å². The first-order valence-electron chi connectivity index (χ1n) is 5.77. The van der Waals surface area contributed by atoms with Crippen molar-refractivity contribution >= 4 is 11.8 Å². The normalized spacial score (nSPS) is 23.2. The van der Waals surface area contributed by atoms with E-state index >= 15 is 0 Å². The molecule has 2 amide bonds. The minimum Gasteiger partial charge on any atom is -0.369 e. The molecule has 1 fully saturated rings. The molecule has 1 aliphatic rings. The van der Waals surface area contributed by atoms with Crippen LogP contribution in [-0.2, 0) is 9.59 Å². The number of carbonyl (C=O) groups excluding carboxylic acids is 2. The van der Waals surface area contributed by atoms with Gasteiger partial charge in [0, 0.05) is 13.1 Å². The summed E-state index contributed by atoms with van der Waals surface area (Å²) < 4.78 is 0. The highest BCUT2D eigenvalue weighted by Crippen LogP contribution is 2.17. The van der Waals surface area contributed by atoms with Crippen molar-refractivity contribution in [3.63, 3.8) is 0 Å². The molecule has 1 unspecified atom stereocenters. The standard InChI is InChI=1S/C11H21N3O2/c1-7(2)9(12)11(16)14-5-3-4-8(6-14)10(13)15/h7-9H,3-6,12H2,1-2H3,(H2,13,15)/t8?,9-/m1/s1. The summed E-state index contributed by atoms with van der Waals surface area (Å²) in [5.41, 5.74) is 11.1. The van der Waals surface area contributed by atoms with Crippen LogP contribution in [0.3, 0.4) is 0 Å². The van der Waals surface area contributed by atoms with E-state index < -0.39 is 6.04 Å². The third-order valence-corrected chi connectivity index (χ3v) is 3.14. The monoisotopic (exact) mass is 227 g/mol. The number of nitrogens with zero attached hydrogens (tertiary/aromatic N) is 1. The number of nitrogens with two attached hydrogens (primary N) is 2. The van der Waals surface area contributed by atoms with Gasteiger partial charge in [-0.05, 0) is 18.8 Å². The fourth-order valence-electron chi connectivity index (χ4n) is 1.91. The zero-order valence-electron chi connectivity index (χ0n) is 9.98. The van der Waals surface area contributed by atoms with Gasteiger partial charge < -0.3 is 16.4 Å². The van der Waals surface area contributed by atoms with Gasteiger partial charge in [0.15, 0.2) is 0 Å². The molecule has 0 saturated carbocycles. The van der Waals surface area contributed by atoms with Gasteiger partial charge in [-0.2, -0.15) is 0 Å². The van der Waals surface area contributed by atoms with E-state index in [1.165, 1.54) is 0 Å². The summed E-state index contributed by atoms with van der Waals surface area (Å²) in [6.45, 7) is 4.94. The van der Waals surface area contributed by atoms with E-state index in [9.17, 15) is 9.59 Å². The number of hydrogen-bond acceptors (Lipinski definition) is 3. The van der Waals surface area contributed by atoms with Gasteiger partial charge in [-0.3, -0.25) is 9.59 Å². The SMILES string of the molecule is CC(C)[C@@H](N)C(=O)N1CCCC(C(N)=O)C1. The first kappa shape index (κ1) is 13.0. The lowest BCUT2D eigenvalue weighted by Crippen LogP contribution is -2.51. The van der Waals surface area contributed by atoms with Crippen molar-refractivity contribution in [1.29, 1.82) is 0 Å². The van der Waals surface area contributed by atoms with E-state index in [2.05, 4.69) is 0 Å². The van der Waals surface area contributed by atoms with Gasteiger partial charge >= 0.3 is 0 Å². The molecule has 1 saturated heterocycles. The Morgan fingerprint density at radius 1 is 1.38 bits per heavy atom. The number of rotatable bonds is 3. The average molecular weight is 227 g/mol. The Morgan fingerprint density at radius 2 is 2.00 bits per heavy atom. The van der Waals surface area contributed by atoms with Crippen LogP contribution in [0.4, 0.5) is 0 Å². The van der Waals surface area contributed by atoms with Crippen molar-refractivity contribution in [2.45, 2.75) is 32.7 Å². The summed E-state index contributed by atoms with van der Waals surface area (Å²) in [4.78, 5) is 24.7. The molecule has 1 rings (SSSR count).